The number of hydrogen-bond donors (Lipinski definition) is 3. The topological polar surface area (TPSA) is 62.4 Å². The summed E-state index contributed by atoms with van der Waals surface area (Å²) in [6.07, 6.45) is -0.531. The Balaban J connectivity index is 2.59. The second-order valence-corrected chi connectivity index (χ2v) is 4.44. The third-order valence-electron chi connectivity index (χ3n) is 1.95. The molecule has 1 aromatic carbocycles. The lowest BCUT2D eigenvalue weighted by molar-refractivity contribution is 0.203. The van der Waals surface area contributed by atoms with Crippen LogP contribution in [0.1, 0.15) is 0 Å². The molecule has 0 aliphatic rings. The summed E-state index contributed by atoms with van der Waals surface area (Å²) in [5, 5.41) is 9.03. The zero-order chi connectivity index (χ0) is 14.3. The molecule has 0 bridgehead atoms. The van der Waals surface area contributed by atoms with Gasteiger partial charge in [0.2, 0.25) is 0 Å². The molecule has 0 radical (unpaired) electrons. The van der Waals surface area contributed by atoms with E-state index in [2.05, 4.69) is 22.5 Å². The number of hydrogen-bond acceptors (Lipinski definition) is 3. The Bertz CT molecular complexity index is 494. The Labute approximate surface area is 122 Å². The SMILES string of the molecule is C=C(Cl)CNC(=S)Nc1cccc(OC(=O)NC)c1. The molecule has 0 aliphatic heterocycles. The molecule has 0 spiro atoms. The number of carbonyl (C=O) groups excluding carboxylic acids is 1. The Hall–Kier alpha value is -1.79. The van der Waals surface area contributed by atoms with Gasteiger partial charge in [-0.3, -0.25) is 0 Å². The monoisotopic (exact) mass is 299 g/mol. The zero-order valence-electron chi connectivity index (χ0n) is 10.3. The predicted octanol–water partition coefficient (Wildman–Crippen LogP) is 2.44. The van der Waals surface area contributed by atoms with Crippen LogP contribution in [0.4, 0.5) is 10.5 Å². The first-order chi connectivity index (χ1) is 9.01. The molecule has 0 aromatic heterocycles. The maximum Gasteiger partial charge on any atom is 0.412 e. The summed E-state index contributed by atoms with van der Waals surface area (Å²) in [4.78, 5) is 11.1. The van der Waals surface area contributed by atoms with Gasteiger partial charge in [0.15, 0.2) is 5.11 Å². The summed E-state index contributed by atoms with van der Waals surface area (Å²) in [5.41, 5.74) is 0.694. The molecule has 0 aliphatic carbocycles. The fourth-order valence-corrected chi connectivity index (χ4v) is 1.40. The lowest BCUT2D eigenvalue weighted by atomic mass is 10.3. The highest BCUT2D eigenvalue weighted by Crippen LogP contribution is 2.17. The van der Waals surface area contributed by atoms with Gasteiger partial charge in [-0.05, 0) is 24.4 Å². The van der Waals surface area contributed by atoms with E-state index in [0.29, 0.717) is 28.1 Å². The number of nitrogens with one attached hydrogen (secondary N) is 3. The van der Waals surface area contributed by atoms with E-state index in [1.807, 2.05) is 0 Å². The van der Waals surface area contributed by atoms with E-state index in [1.54, 1.807) is 24.3 Å². The second kappa shape index (κ2) is 7.60. The molecule has 5 nitrogen and oxygen atoms in total. The first-order valence-corrected chi connectivity index (χ1v) is 6.17. The van der Waals surface area contributed by atoms with Crippen molar-refractivity contribution in [1.82, 2.24) is 10.6 Å². The fraction of sp³-hybridized carbons (Fsp3) is 0.167. The summed E-state index contributed by atoms with van der Waals surface area (Å²) in [6.45, 7) is 3.92. The van der Waals surface area contributed by atoms with Crippen molar-refractivity contribution < 1.29 is 9.53 Å². The smallest absolute Gasteiger partial charge is 0.410 e. The molecule has 0 saturated carbocycles. The van der Waals surface area contributed by atoms with Gasteiger partial charge < -0.3 is 20.7 Å². The number of ether oxygens (including phenoxy) is 1. The van der Waals surface area contributed by atoms with E-state index in [1.165, 1.54) is 7.05 Å². The van der Waals surface area contributed by atoms with Crippen LogP contribution in [0.2, 0.25) is 0 Å². The summed E-state index contributed by atoms with van der Waals surface area (Å²) >= 11 is 10.7. The number of amides is 1. The van der Waals surface area contributed by atoms with Gasteiger partial charge in [-0.1, -0.05) is 24.2 Å². The molecular weight excluding hydrogens is 286 g/mol. The maximum absolute atomic E-state index is 11.1. The van der Waals surface area contributed by atoms with Gasteiger partial charge in [-0.15, -0.1) is 0 Å². The second-order valence-electron chi connectivity index (χ2n) is 3.49. The first-order valence-electron chi connectivity index (χ1n) is 5.39. The van der Waals surface area contributed by atoms with E-state index < -0.39 is 6.09 Å². The molecule has 1 aromatic rings. The molecule has 19 heavy (non-hydrogen) atoms. The highest BCUT2D eigenvalue weighted by atomic mass is 35.5. The average molecular weight is 300 g/mol. The van der Waals surface area contributed by atoms with Crippen LogP contribution in [-0.2, 0) is 0 Å². The third-order valence-corrected chi connectivity index (χ3v) is 2.33. The third kappa shape index (κ3) is 6.08. The normalized spacial score (nSPS) is 9.37. The van der Waals surface area contributed by atoms with Crippen molar-refractivity contribution in [1.29, 1.82) is 0 Å². The van der Waals surface area contributed by atoms with Crippen molar-refractivity contribution in [3.63, 3.8) is 0 Å². The Kier molecular flexibility index (Phi) is 6.11. The zero-order valence-corrected chi connectivity index (χ0v) is 11.9. The predicted molar refractivity (Wildman–Crippen MR) is 80.7 cm³/mol. The number of benzene rings is 1. The lowest BCUT2D eigenvalue weighted by Gasteiger charge is -2.11. The van der Waals surface area contributed by atoms with Crippen molar-refractivity contribution in [3.8, 4) is 5.75 Å². The molecule has 7 heteroatoms. The van der Waals surface area contributed by atoms with Crippen LogP contribution in [0.25, 0.3) is 0 Å². The molecule has 102 valence electrons. The standard InChI is InChI=1S/C12H14ClN3O2S/c1-8(13)7-15-11(19)16-9-4-3-5-10(6-9)18-12(17)14-2/h3-6H,1,7H2,2H3,(H,14,17)(H2,15,16,19). The molecule has 0 heterocycles. The number of halogens is 1. The van der Waals surface area contributed by atoms with E-state index in [9.17, 15) is 4.79 Å². The minimum absolute atomic E-state index is 0.377. The van der Waals surface area contributed by atoms with Crippen LogP contribution < -0.4 is 20.7 Å². The van der Waals surface area contributed by atoms with Crippen LogP contribution in [0.15, 0.2) is 35.9 Å². The van der Waals surface area contributed by atoms with Crippen molar-refractivity contribution in [2.24, 2.45) is 0 Å². The fourth-order valence-electron chi connectivity index (χ4n) is 1.15. The molecule has 0 saturated heterocycles. The van der Waals surface area contributed by atoms with Crippen molar-refractivity contribution >= 4 is 40.7 Å². The Morgan fingerprint density at radius 2 is 2.26 bits per heavy atom. The quantitative estimate of drug-likeness (QED) is 0.746. The van der Waals surface area contributed by atoms with E-state index >= 15 is 0 Å². The maximum atomic E-state index is 11.1. The van der Waals surface area contributed by atoms with Crippen LogP contribution in [0.5, 0.6) is 5.75 Å². The lowest BCUT2D eigenvalue weighted by Crippen LogP contribution is -2.29. The van der Waals surface area contributed by atoms with Crippen LogP contribution in [-0.4, -0.2) is 24.8 Å². The number of thiocarbonyl (C=S) groups is 1. The molecule has 0 unspecified atom stereocenters. The summed E-state index contributed by atoms with van der Waals surface area (Å²) in [6, 6.07) is 6.85. The van der Waals surface area contributed by atoms with E-state index in [-0.39, 0.29) is 0 Å². The minimum atomic E-state index is -0.531. The Morgan fingerprint density at radius 1 is 1.53 bits per heavy atom. The van der Waals surface area contributed by atoms with E-state index in [4.69, 9.17) is 28.6 Å². The number of carbonyl (C=O) groups is 1. The minimum Gasteiger partial charge on any atom is -0.410 e. The van der Waals surface area contributed by atoms with Gasteiger partial charge in [0.1, 0.15) is 5.75 Å². The van der Waals surface area contributed by atoms with Gasteiger partial charge >= 0.3 is 6.09 Å². The summed E-state index contributed by atoms with van der Waals surface area (Å²) in [7, 11) is 1.49. The van der Waals surface area contributed by atoms with Crippen LogP contribution in [0, 0.1) is 0 Å². The van der Waals surface area contributed by atoms with Crippen molar-refractivity contribution in [2.45, 2.75) is 0 Å². The molecule has 3 N–H and O–H groups in total. The Morgan fingerprint density at radius 3 is 2.89 bits per heavy atom. The molecule has 0 atom stereocenters. The summed E-state index contributed by atoms with van der Waals surface area (Å²) < 4.78 is 5.00. The van der Waals surface area contributed by atoms with Gasteiger partial charge in [0.05, 0.1) is 6.54 Å². The van der Waals surface area contributed by atoms with Gasteiger partial charge in [0.25, 0.3) is 0 Å². The molecule has 1 rings (SSSR count). The molecule has 0 fully saturated rings. The van der Waals surface area contributed by atoms with Crippen molar-refractivity contribution in [2.75, 3.05) is 18.9 Å². The number of anilines is 1. The highest BCUT2D eigenvalue weighted by molar-refractivity contribution is 7.80. The molecular formula is C12H14ClN3O2S. The van der Waals surface area contributed by atoms with Gasteiger partial charge in [-0.25, -0.2) is 4.79 Å². The van der Waals surface area contributed by atoms with Crippen LogP contribution >= 0.6 is 23.8 Å². The first kappa shape index (κ1) is 15.3. The van der Waals surface area contributed by atoms with Gasteiger partial charge in [-0.2, -0.15) is 0 Å². The average Bonchev–Trinajstić information content (AvgIpc) is 2.36. The summed E-state index contributed by atoms with van der Waals surface area (Å²) in [5.74, 6) is 0.411. The van der Waals surface area contributed by atoms with E-state index in [0.717, 1.165) is 0 Å². The van der Waals surface area contributed by atoms with Gasteiger partial charge in [0, 0.05) is 23.8 Å². The van der Waals surface area contributed by atoms with Crippen LogP contribution in [0.3, 0.4) is 0 Å². The number of rotatable bonds is 4. The van der Waals surface area contributed by atoms with Crippen molar-refractivity contribution in [3.05, 3.63) is 35.9 Å². The highest BCUT2D eigenvalue weighted by Gasteiger charge is 2.03. The molecule has 1 amide bonds. The largest absolute Gasteiger partial charge is 0.412 e.